The second kappa shape index (κ2) is 6.16. The van der Waals surface area contributed by atoms with E-state index in [0.717, 1.165) is 13.0 Å². The molecule has 15 heavy (non-hydrogen) atoms. The fraction of sp³-hybridized carbons (Fsp3) is 0.400. The molecule has 0 amide bonds. The van der Waals surface area contributed by atoms with Gasteiger partial charge in [0, 0.05) is 25.9 Å². The summed E-state index contributed by atoms with van der Waals surface area (Å²) in [5.74, 6) is -0.583. The molecule has 1 N–H and O–H groups in total. The van der Waals surface area contributed by atoms with E-state index < -0.39 is 5.82 Å². The van der Waals surface area contributed by atoms with E-state index in [0.29, 0.717) is 12.3 Å². The molecule has 2 nitrogen and oxygen atoms in total. The molecule has 0 bridgehead atoms. The first-order chi connectivity index (χ1) is 7.15. The standard InChI is InChI=1S/C10H12Cl2FNO/c1-15-4-2-3-14-7-5-8(11)10(13)9(12)6-7/h5-6,14H,2-4H2,1H3. The predicted octanol–water partition coefficient (Wildman–Crippen LogP) is 3.58. The van der Waals surface area contributed by atoms with Crippen LogP contribution in [-0.4, -0.2) is 20.3 Å². The van der Waals surface area contributed by atoms with Gasteiger partial charge < -0.3 is 10.1 Å². The Bertz CT molecular complexity index is 310. The summed E-state index contributed by atoms with van der Waals surface area (Å²) in [4.78, 5) is 0. The number of hydrogen-bond donors (Lipinski definition) is 1. The van der Waals surface area contributed by atoms with Gasteiger partial charge in [-0.1, -0.05) is 23.2 Å². The number of benzene rings is 1. The third-order valence-corrected chi connectivity index (χ3v) is 2.39. The van der Waals surface area contributed by atoms with Crippen LogP contribution in [0.4, 0.5) is 10.1 Å². The van der Waals surface area contributed by atoms with Gasteiger partial charge in [0.05, 0.1) is 10.0 Å². The van der Waals surface area contributed by atoms with Crippen molar-refractivity contribution >= 4 is 28.9 Å². The van der Waals surface area contributed by atoms with Gasteiger partial charge in [0.2, 0.25) is 0 Å². The van der Waals surface area contributed by atoms with Crippen molar-refractivity contribution in [2.75, 3.05) is 25.6 Å². The molecule has 0 saturated carbocycles. The highest BCUT2D eigenvalue weighted by atomic mass is 35.5. The first kappa shape index (κ1) is 12.6. The summed E-state index contributed by atoms with van der Waals surface area (Å²) in [6.07, 6.45) is 0.864. The number of rotatable bonds is 5. The lowest BCUT2D eigenvalue weighted by molar-refractivity contribution is 0.198. The van der Waals surface area contributed by atoms with Crippen LogP contribution in [0, 0.1) is 5.82 Å². The molecule has 0 aliphatic rings. The van der Waals surface area contributed by atoms with Gasteiger partial charge in [-0.05, 0) is 18.6 Å². The van der Waals surface area contributed by atoms with Gasteiger partial charge in [-0.2, -0.15) is 0 Å². The molecule has 0 aliphatic heterocycles. The van der Waals surface area contributed by atoms with Crippen molar-refractivity contribution in [1.29, 1.82) is 0 Å². The molecule has 0 aromatic heterocycles. The minimum atomic E-state index is -0.583. The smallest absolute Gasteiger partial charge is 0.160 e. The van der Waals surface area contributed by atoms with Gasteiger partial charge >= 0.3 is 0 Å². The van der Waals surface area contributed by atoms with E-state index in [2.05, 4.69) is 5.32 Å². The molecule has 0 atom stereocenters. The molecule has 0 aliphatic carbocycles. The molecule has 0 heterocycles. The quantitative estimate of drug-likeness (QED) is 0.638. The van der Waals surface area contributed by atoms with Crippen LogP contribution in [-0.2, 0) is 4.74 Å². The van der Waals surface area contributed by atoms with Gasteiger partial charge in [0.1, 0.15) is 0 Å². The average Bonchev–Trinajstić information content (AvgIpc) is 2.21. The Kier molecular flexibility index (Phi) is 5.15. The van der Waals surface area contributed by atoms with E-state index in [1.165, 1.54) is 12.1 Å². The van der Waals surface area contributed by atoms with Crippen LogP contribution in [0.3, 0.4) is 0 Å². The molecule has 1 rings (SSSR count). The molecule has 1 aromatic rings. The molecular weight excluding hydrogens is 240 g/mol. The van der Waals surface area contributed by atoms with Gasteiger partial charge in [-0.15, -0.1) is 0 Å². The van der Waals surface area contributed by atoms with Crippen LogP contribution in [0.25, 0.3) is 0 Å². The normalized spacial score (nSPS) is 10.4. The maximum absolute atomic E-state index is 13.0. The molecule has 0 fully saturated rings. The Labute approximate surface area is 98.3 Å². The number of hydrogen-bond acceptors (Lipinski definition) is 2. The van der Waals surface area contributed by atoms with E-state index >= 15 is 0 Å². The van der Waals surface area contributed by atoms with E-state index in [9.17, 15) is 4.39 Å². The maximum atomic E-state index is 13.0. The number of halogens is 3. The third-order valence-electron chi connectivity index (χ3n) is 1.84. The minimum Gasteiger partial charge on any atom is -0.385 e. The van der Waals surface area contributed by atoms with E-state index in [1.54, 1.807) is 7.11 Å². The monoisotopic (exact) mass is 251 g/mol. The lowest BCUT2D eigenvalue weighted by atomic mass is 10.3. The van der Waals surface area contributed by atoms with E-state index in [1.807, 2.05) is 0 Å². The molecule has 0 saturated heterocycles. The highest BCUT2D eigenvalue weighted by Crippen LogP contribution is 2.27. The third kappa shape index (κ3) is 3.86. The fourth-order valence-electron chi connectivity index (χ4n) is 1.11. The highest BCUT2D eigenvalue weighted by Gasteiger charge is 2.06. The lowest BCUT2D eigenvalue weighted by Gasteiger charge is -2.07. The van der Waals surface area contributed by atoms with Gasteiger partial charge in [0.25, 0.3) is 0 Å². The zero-order chi connectivity index (χ0) is 11.3. The summed E-state index contributed by atoms with van der Waals surface area (Å²) in [5, 5.41) is 3.12. The Hall–Kier alpha value is -0.510. The van der Waals surface area contributed by atoms with Crippen molar-refractivity contribution < 1.29 is 9.13 Å². The average molecular weight is 252 g/mol. The maximum Gasteiger partial charge on any atom is 0.160 e. The molecule has 84 valence electrons. The number of nitrogens with one attached hydrogen (secondary N) is 1. The van der Waals surface area contributed by atoms with Crippen molar-refractivity contribution in [3.05, 3.63) is 28.0 Å². The van der Waals surface area contributed by atoms with Gasteiger partial charge in [-0.25, -0.2) is 4.39 Å². The molecule has 0 spiro atoms. The second-order valence-corrected chi connectivity index (χ2v) is 3.84. The zero-order valence-corrected chi connectivity index (χ0v) is 9.83. The molecule has 0 unspecified atom stereocenters. The molecule has 1 aromatic carbocycles. The van der Waals surface area contributed by atoms with Crippen molar-refractivity contribution in [3.8, 4) is 0 Å². The number of ether oxygens (including phenoxy) is 1. The van der Waals surface area contributed by atoms with E-state index in [4.69, 9.17) is 27.9 Å². The summed E-state index contributed by atoms with van der Waals surface area (Å²) < 4.78 is 17.9. The molecular formula is C10H12Cl2FNO. The summed E-state index contributed by atoms with van der Waals surface area (Å²) in [6, 6.07) is 3.02. The van der Waals surface area contributed by atoms with Crippen LogP contribution in [0.2, 0.25) is 10.0 Å². The topological polar surface area (TPSA) is 21.3 Å². The highest BCUT2D eigenvalue weighted by molar-refractivity contribution is 6.35. The van der Waals surface area contributed by atoms with E-state index in [-0.39, 0.29) is 10.0 Å². The zero-order valence-electron chi connectivity index (χ0n) is 8.32. The Morgan fingerprint density at radius 2 is 1.93 bits per heavy atom. The van der Waals surface area contributed by atoms with Crippen molar-refractivity contribution in [2.45, 2.75) is 6.42 Å². The van der Waals surface area contributed by atoms with Gasteiger partial charge in [-0.3, -0.25) is 0 Å². The molecule has 5 heteroatoms. The number of methoxy groups -OCH3 is 1. The first-order valence-corrected chi connectivity index (χ1v) is 5.28. The second-order valence-electron chi connectivity index (χ2n) is 3.03. The fourth-order valence-corrected chi connectivity index (χ4v) is 1.59. The summed E-state index contributed by atoms with van der Waals surface area (Å²) in [5.41, 5.74) is 0.711. The summed E-state index contributed by atoms with van der Waals surface area (Å²) in [7, 11) is 1.64. The lowest BCUT2D eigenvalue weighted by Crippen LogP contribution is -2.04. The number of anilines is 1. The summed E-state index contributed by atoms with van der Waals surface area (Å²) in [6.45, 7) is 1.40. The van der Waals surface area contributed by atoms with Crippen LogP contribution < -0.4 is 5.32 Å². The van der Waals surface area contributed by atoms with Crippen molar-refractivity contribution in [3.63, 3.8) is 0 Å². The van der Waals surface area contributed by atoms with Crippen molar-refractivity contribution in [1.82, 2.24) is 0 Å². The van der Waals surface area contributed by atoms with Gasteiger partial charge in [0.15, 0.2) is 5.82 Å². The van der Waals surface area contributed by atoms with Crippen LogP contribution in [0.15, 0.2) is 12.1 Å². The SMILES string of the molecule is COCCCNc1cc(Cl)c(F)c(Cl)c1. The van der Waals surface area contributed by atoms with Crippen LogP contribution in [0.1, 0.15) is 6.42 Å². The summed E-state index contributed by atoms with van der Waals surface area (Å²) >= 11 is 11.3. The minimum absolute atomic E-state index is 0.0248. The van der Waals surface area contributed by atoms with Crippen molar-refractivity contribution in [2.24, 2.45) is 0 Å². The van der Waals surface area contributed by atoms with Crippen LogP contribution >= 0.6 is 23.2 Å². The largest absolute Gasteiger partial charge is 0.385 e. The molecule has 0 radical (unpaired) electrons. The Morgan fingerprint density at radius 1 is 1.33 bits per heavy atom. The Balaban J connectivity index is 2.55. The Morgan fingerprint density at radius 3 is 2.47 bits per heavy atom. The predicted molar refractivity (Wildman–Crippen MR) is 61.4 cm³/mol. The van der Waals surface area contributed by atoms with Crippen LogP contribution in [0.5, 0.6) is 0 Å². The first-order valence-electron chi connectivity index (χ1n) is 4.52.